The van der Waals surface area contributed by atoms with E-state index in [1.54, 1.807) is 0 Å². The lowest BCUT2D eigenvalue weighted by atomic mass is 10.1. The van der Waals surface area contributed by atoms with Gasteiger partial charge >= 0.3 is 0 Å². The number of piperazine rings is 1. The summed E-state index contributed by atoms with van der Waals surface area (Å²) in [7, 11) is 0. The number of carbonyl (C=O) groups excluding carboxylic acids is 1. The highest BCUT2D eigenvalue weighted by Crippen LogP contribution is 2.25. The van der Waals surface area contributed by atoms with Gasteiger partial charge in [-0.1, -0.05) is 35.9 Å². The van der Waals surface area contributed by atoms with Crippen molar-refractivity contribution in [3.05, 3.63) is 64.2 Å². The summed E-state index contributed by atoms with van der Waals surface area (Å²) in [6.07, 6.45) is 0. The average Bonchev–Trinajstić information content (AvgIpc) is 2.57. The summed E-state index contributed by atoms with van der Waals surface area (Å²) in [6.45, 7) is 7.21. The quantitative estimate of drug-likeness (QED) is 0.834. The third kappa shape index (κ3) is 3.35. The fraction of sp³-hybridized carbons (Fsp3) is 0.316. The van der Waals surface area contributed by atoms with Crippen molar-refractivity contribution in [1.82, 2.24) is 4.90 Å². The van der Waals surface area contributed by atoms with E-state index in [4.69, 9.17) is 11.6 Å². The van der Waals surface area contributed by atoms with E-state index in [2.05, 4.69) is 11.8 Å². The van der Waals surface area contributed by atoms with Crippen molar-refractivity contribution in [2.75, 3.05) is 31.1 Å². The van der Waals surface area contributed by atoms with E-state index >= 15 is 0 Å². The molecule has 2 aromatic rings. The van der Waals surface area contributed by atoms with Crippen LogP contribution in [0.15, 0.2) is 42.5 Å². The fourth-order valence-electron chi connectivity index (χ4n) is 3.06. The molecule has 4 heteroatoms. The van der Waals surface area contributed by atoms with Gasteiger partial charge in [0.1, 0.15) is 0 Å². The summed E-state index contributed by atoms with van der Waals surface area (Å²) < 4.78 is 0. The zero-order valence-corrected chi connectivity index (χ0v) is 14.3. The highest BCUT2D eigenvalue weighted by atomic mass is 35.5. The number of rotatable bonds is 2. The molecular weight excluding hydrogens is 308 g/mol. The maximum Gasteiger partial charge on any atom is 0.254 e. The van der Waals surface area contributed by atoms with Gasteiger partial charge in [0.05, 0.1) is 0 Å². The standard InChI is InChI=1S/C19H21ClN2O/c1-14-5-3-4-6-17(14)19(23)22-11-9-21(10-12-22)18-13-16(20)8-7-15(18)2/h3-8,13H,9-12H2,1-2H3. The van der Waals surface area contributed by atoms with Crippen LogP contribution in [0.3, 0.4) is 0 Å². The number of hydrogen-bond donors (Lipinski definition) is 0. The largest absolute Gasteiger partial charge is 0.368 e. The van der Waals surface area contributed by atoms with Gasteiger partial charge in [-0.05, 0) is 43.2 Å². The Morgan fingerprint density at radius 1 is 0.957 bits per heavy atom. The van der Waals surface area contributed by atoms with Gasteiger partial charge in [-0.25, -0.2) is 0 Å². The van der Waals surface area contributed by atoms with Crippen LogP contribution in [0, 0.1) is 13.8 Å². The van der Waals surface area contributed by atoms with E-state index in [9.17, 15) is 4.79 Å². The van der Waals surface area contributed by atoms with Gasteiger partial charge in [0.2, 0.25) is 0 Å². The molecule has 0 aliphatic carbocycles. The second kappa shape index (κ2) is 6.63. The van der Waals surface area contributed by atoms with Crippen molar-refractivity contribution in [2.24, 2.45) is 0 Å². The monoisotopic (exact) mass is 328 g/mol. The molecule has 2 aromatic carbocycles. The molecule has 1 saturated heterocycles. The Balaban J connectivity index is 1.70. The molecular formula is C19H21ClN2O. The second-order valence-corrected chi connectivity index (χ2v) is 6.46. The number of benzene rings is 2. The van der Waals surface area contributed by atoms with Gasteiger partial charge in [0, 0.05) is 42.5 Å². The van der Waals surface area contributed by atoms with Crippen LogP contribution in [0.5, 0.6) is 0 Å². The molecule has 1 aliphatic rings. The maximum atomic E-state index is 12.7. The van der Waals surface area contributed by atoms with Gasteiger partial charge in [-0.3, -0.25) is 4.79 Å². The Bertz CT molecular complexity index is 721. The van der Waals surface area contributed by atoms with E-state index in [0.29, 0.717) is 0 Å². The highest BCUT2D eigenvalue weighted by Gasteiger charge is 2.23. The Hall–Kier alpha value is -2.00. The zero-order chi connectivity index (χ0) is 16.4. The first-order valence-corrected chi connectivity index (χ1v) is 8.30. The Kier molecular flexibility index (Phi) is 4.58. The van der Waals surface area contributed by atoms with Crippen LogP contribution >= 0.6 is 11.6 Å². The first kappa shape index (κ1) is 15.9. The van der Waals surface area contributed by atoms with Gasteiger partial charge < -0.3 is 9.80 Å². The van der Waals surface area contributed by atoms with Crippen molar-refractivity contribution in [3.8, 4) is 0 Å². The third-order valence-electron chi connectivity index (χ3n) is 4.45. The first-order chi connectivity index (χ1) is 11.1. The van der Waals surface area contributed by atoms with E-state index in [-0.39, 0.29) is 5.91 Å². The molecule has 3 nitrogen and oxygen atoms in total. The van der Waals surface area contributed by atoms with Crippen molar-refractivity contribution in [2.45, 2.75) is 13.8 Å². The van der Waals surface area contributed by atoms with Crippen molar-refractivity contribution in [1.29, 1.82) is 0 Å². The number of amides is 1. The summed E-state index contributed by atoms with van der Waals surface area (Å²) in [6, 6.07) is 13.7. The Morgan fingerprint density at radius 3 is 2.35 bits per heavy atom. The van der Waals surface area contributed by atoms with E-state index < -0.39 is 0 Å². The predicted molar refractivity (Wildman–Crippen MR) is 95.5 cm³/mol. The van der Waals surface area contributed by atoms with Crippen LogP contribution in [-0.4, -0.2) is 37.0 Å². The van der Waals surface area contributed by atoms with Crippen molar-refractivity contribution < 1.29 is 4.79 Å². The minimum absolute atomic E-state index is 0.130. The summed E-state index contributed by atoms with van der Waals surface area (Å²) in [4.78, 5) is 16.9. The molecule has 3 rings (SSSR count). The van der Waals surface area contributed by atoms with Crippen LogP contribution in [0.4, 0.5) is 5.69 Å². The molecule has 0 N–H and O–H groups in total. The molecule has 23 heavy (non-hydrogen) atoms. The number of anilines is 1. The molecule has 1 heterocycles. The van der Waals surface area contributed by atoms with Crippen LogP contribution in [0.25, 0.3) is 0 Å². The van der Waals surface area contributed by atoms with Crippen molar-refractivity contribution in [3.63, 3.8) is 0 Å². The molecule has 0 bridgehead atoms. The van der Waals surface area contributed by atoms with Crippen LogP contribution in [-0.2, 0) is 0 Å². The van der Waals surface area contributed by atoms with Crippen LogP contribution in [0.2, 0.25) is 5.02 Å². The summed E-state index contributed by atoms with van der Waals surface area (Å²) in [5.41, 5.74) is 4.22. The predicted octanol–water partition coefficient (Wildman–Crippen LogP) is 3.92. The van der Waals surface area contributed by atoms with E-state index in [1.165, 1.54) is 11.3 Å². The zero-order valence-electron chi connectivity index (χ0n) is 13.6. The molecule has 1 aliphatic heterocycles. The van der Waals surface area contributed by atoms with Crippen molar-refractivity contribution >= 4 is 23.2 Å². The van der Waals surface area contributed by atoms with Gasteiger partial charge in [-0.2, -0.15) is 0 Å². The summed E-state index contributed by atoms with van der Waals surface area (Å²) in [5.74, 6) is 0.130. The van der Waals surface area contributed by atoms with E-state index in [1.807, 2.05) is 54.3 Å². The van der Waals surface area contributed by atoms with Gasteiger partial charge in [0.25, 0.3) is 5.91 Å². The minimum Gasteiger partial charge on any atom is -0.368 e. The average molecular weight is 329 g/mol. The molecule has 0 radical (unpaired) electrons. The fourth-order valence-corrected chi connectivity index (χ4v) is 3.22. The molecule has 0 unspecified atom stereocenters. The summed E-state index contributed by atoms with van der Waals surface area (Å²) in [5, 5.41) is 0.754. The topological polar surface area (TPSA) is 23.6 Å². The molecule has 0 spiro atoms. The minimum atomic E-state index is 0.130. The number of nitrogens with zero attached hydrogens (tertiary/aromatic N) is 2. The molecule has 0 aromatic heterocycles. The smallest absolute Gasteiger partial charge is 0.254 e. The molecule has 1 amide bonds. The third-order valence-corrected chi connectivity index (χ3v) is 4.69. The number of aryl methyl sites for hydroxylation is 2. The second-order valence-electron chi connectivity index (χ2n) is 6.02. The molecule has 0 saturated carbocycles. The lowest BCUT2D eigenvalue weighted by molar-refractivity contribution is 0.0746. The molecule has 0 atom stereocenters. The summed E-state index contributed by atoms with van der Waals surface area (Å²) >= 11 is 6.12. The SMILES string of the molecule is Cc1ccccc1C(=O)N1CCN(c2cc(Cl)ccc2C)CC1. The first-order valence-electron chi connectivity index (χ1n) is 7.92. The molecule has 120 valence electrons. The van der Waals surface area contributed by atoms with Crippen LogP contribution < -0.4 is 4.90 Å². The molecule has 1 fully saturated rings. The lowest BCUT2D eigenvalue weighted by Crippen LogP contribution is -2.49. The highest BCUT2D eigenvalue weighted by molar-refractivity contribution is 6.30. The van der Waals surface area contributed by atoms with E-state index in [0.717, 1.165) is 42.3 Å². The number of carbonyl (C=O) groups is 1. The van der Waals surface area contributed by atoms with Gasteiger partial charge in [0.15, 0.2) is 0 Å². The lowest BCUT2D eigenvalue weighted by Gasteiger charge is -2.37. The maximum absolute atomic E-state index is 12.7. The number of hydrogen-bond acceptors (Lipinski definition) is 2. The normalized spacial score (nSPS) is 14.9. The van der Waals surface area contributed by atoms with Gasteiger partial charge in [-0.15, -0.1) is 0 Å². The van der Waals surface area contributed by atoms with Crippen LogP contribution in [0.1, 0.15) is 21.5 Å². The Labute approximate surface area is 142 Å². The Morgan fingerprint density at radius 2 is 1.65 bits per heavy atom. The number of halogens is 1.